The molecule has 0 radical (unpaired) electrons. The van der Waals surface area contributed by atoms with Crippen molar-refractivity contribution in [1.82, 2.24) is 19.6 Å². The summed E-state index contributed by atoms with van der Waals surface area (Å²) in [7, 11) is 4.35. The van der Waals surface area contributed by atoms with E-state index in [1.54, 1.807) is 0 Å². The van der Waals surface area contributed by atoms with Crippen LogP contribution in [0.25, 0.3) is 0 Å². The molecule has 0 aromatic rings. The topological polar surface area (TPSA) is 13.0 Å². The molecule has 0 N–H and O–H groups in total. The first-order valence-electron chi connectivity index (χ1n) is 8.27. The molecule has 132 valence electrons. The molecule has 0 saturated carbocycles. The largest absolute Gasteiger partial charge is 0.355 e. The zero-order chi connectivity index (χ0) is 16.7. The molecular formula is C15H28N4S4. The molecule has 0 bridgehead atoms. The SMILES string of the molecule is CN1CCN(C(=S)SCCCSC(=S)N2CCN(C)CC2)CC1. The first kappa shape index (κ1) is 19.7. The van der Waals surface area contributed by atoms with Crippen molar-refractivity contribution in [3.8, 4) is 0 Å². The Bertz CT molecular complexity index is 355. The third-order valence-electron chi connectivity index (χ3n) is 4.26. The van der Waals surface area contributed by atoms with Gasteiger partial charge in [0.25, 0.3) is 0 Å². The average molecular weight is 393 g/mol. The highest BCUT2D eigenvalue weighted by molar-refractivity contribution is 8.23. The van der Waals surface area contributed by atoms with Crippen LogP contribution < -0.4 is 0 Å². The summed E-state index contributed by atoms with van der Waals surface area (Å²) < 4.78 is 2.15. The van der Waals surface area contributed by atoms with Gasteiger partial charge in [-0.15, -0.1) is 0 Å². The standard InChI is InChI=1S/C15H28N4S4/c1-16-4-8-18(9-5-16)14(20)22-12-3-13-23-15(21)19-10-6-17(2)7-11-19/h3-13H2,1-2H3. The number of thiocarbonyl (C=S) groups is 2. The highest BCUT2D eigenvalue weighted by atomic mass is 32.2. The van der Waals surface area contributed by atoms with E-state index < -0.39 is 0 Å². The molecule has 2 saturated heterocycles. The van der Waals surface area contributed by atoms with Crippen molar-refractivity contribution < 1.29 is 0 Å². The van der Waals surface area contributed by atoms with Gasteiger partial charge in [-0.05, 0) is 20.5 Å². The summed E-state index contributed by atoms with van der Waals surface area (Å²) in [6.45, 7) is 8.78. The summed E-state index contributed by atoms with van der Waals surface area (Å²) in [5, 5.41) is 0. The van der Waals surface area contributed by atoms with Crippen LogP contribution in [0, 0.1) is 0 Å². The van der Waals surface area contributed by atoms with Crippen LogP contribution in [0.5, 0.6) is 0 Å². The molecule has 0 aliphatic carbocycles. The maximum atomic E-state index is 5.55. The van der Waals surface area contributed by atoms with Gasteiger partial charge >= 0.3 is 0 Å². The van der Waals surface area contributed by atoms with Crippen LogP contribution in [0.15, 0.2) is 0 Å². The van der Waals surface area contributed by atoms with Crippen molar-refractivity contribution in [2.45, 2.75) is 6.42 Å². The fourth-order valence-corrected chi connectivity index (χ4v) is 5.24. The van der Waals surface area contributed by atoms with Crippen molar-refractivity contribution in [2.24, 2.45) is 0 Å². The lowest BCUT2D eigenvalue weighted by atomic mass is 10.4. The summed E-state index contributed by atoms with van der Waals surface area (Å²) in [6.07, 6.45) is 1.16. The molecule has 0 amide bonds. The molecule has 8 heteroatoms. The fourth-order valence-electron chi connectivity index (χ4n) is 2.54. The smallest absolute Gasteiger partial charge is 0.136 e. The molecule has 2 fully saturated rings. The van der Waals surface area contributed by atoms with E-state index in [9.17, 15) is 0 Å². The monoisotopic (exact) mass is 392 g/mol. The lowest BCUT2D eigenvalue weighted by Gasteiger charge is -2.34. The fraction of sp³-hybridized carbons (Fsp3) is 0.867. The van der Waals surface area contributed by atoms with Crippen LogP contribution in [-0.2, 0) is 0 Å². The minimum Gasteiger partial charge on any atom is -0.355 e. The van der Waals surface area contributed by atoms with Crippen LogP contribution in [0.2, 0.25) is 0 Å². The number of likely N-dealkylation sites (N-methyl/N-ethyl adjacent to an activating group) is 2. The Morgan fingerprint density at radius 3 is 1.39 bits per heavy atom. The van der Waals surface area contributed by atoms with Crippen molar-refractivity contribution in [3.05, 3.63) is 0 Å². The highest BCUT2D eigenvalue weighted by Crippen LogP contribution is 2.17. The second-order valence-corrected chi connectivity index (χ2v) is 9.62. The lowest BCUT2D eigenvalue weighted by molar-refractivity contribution is 0.220. The average Bonchev–Trinajstić information content (AvgIpc) is 2.55. The van der Waals surface area contributed by atoms with Gasteiger partial charge in [0.1, 0.15) is 8.64 Å². The predicted octanol–water partition coefficient (Wildman–Crippen LogP) is 1.91. The summed E-state index contributed by atoms with van der Waals surface area (Å²) >= 11 is 14.8. The van der Waals surface area contributed by atoms with Crippen LogP contribution in [0.3, 0.4) is 0 Å². The molecule has 2 heterocycles. The van der Waals surface area contributed by atoms with Crippen LogP contribution in [0.1, 0.15) is 6.42 Å². The highest BCUT2D eigenvalue weighted by Gasteiger charge is 2.17. The van der Waals surface area contributed by atoms with E-state index in [1.165, 1.54) is 0 Å². The molecule has 2 aliphatic heterocycles. The number of nitrogens with zero attached hydrogens (tertiary/aromatic N) is 4. The van der Waals surface area contributed by atoms with E-state index in [-0.39, 0.29) is 0 Å². The molecular weight excluding hydrogens is 364 g/mol. The Morgan fingerprint density at radius 1 is 0.696 bits per heavy atom. The van der Waals surface area contributed by atoms with Gasteiger partial charge in [-0.2, -0.15) is 0 Å². The van der Waals surface area contributed by atoms with Gasteiger partial charge in [0, 0.05) is 63.9 Å². The van der Waals surface area contributed by atoms with Crippen molar-refractivity contribution in [3.63, 3.8) is 0 Å². The second-order valence-electron chi connectivity index (χ2n) is 6.16. The Labute approximate surface area is 160 Å². The van der Waals surface area contributed by atoms with Gasteiger partial charge in [-0.25, -0.2) is 0 Å². The van der Waals surface area contributed by atoms with Gasteiger partial charge in [-0.1, -0.05) is 48.0 Å². The van der Waals surface area contributed by atoms with Crippen molar-refractivity contribution >= 4 is 56.6 Å². The maximum Gasteiger partial charge on any atom is 0.136 e. The molecule has 0 aromatic carbocycles. The van der Waals surface area contributed by atoms with Gasteiger partial charge in [0.2, 0.25) is 0 Å². The van der Waals surface area contributed by atoms with Crippen LogP contribution in [-0.4, -0.2) is 106 Å². The van der Waals surface area contributed by atoms with E-state index in [4.69, 9.17) is 24.4 Å². The molecule has 0 unspecified atom stereocenters. The molecule has 0 spiro atoms. The number of thioether (sulfide) groups is 2. The lowest BCUT2D eigenvalue weighted by Crippen LogP contribution is -2.46. The zero-order valence-electron chi connectivity index (χ0n) is 14.2. The number of hydrogen-bond acceptors (Lipinski definition) is 6. The van der Waals surface area contributed by atoms with Crippen molar-refractivity contribution in [1.29, 1.82) is 0 Å². The molecule has 2 rings (SSSR count). The second kappa shape index (κ2) is 10.4. The minimum absolute atomic E-state index is 1.07. The summed E-state index contributed by atoms with van der Waals surface area (Å²) in [4.78, 5) is 9.42. The first-order chi connectivity index (χ1) is 11.1. The molecule has 4 nitrogen and oxygen atoms in total. The molecule has 0 atom stereocenters. The summed E-state index contributed by atoms with van der Waals surface area (Å²) in [5.41, 5.74) is 0. The van der Waals surface area contributed by atoms with Crippen LogP contribution >= 0.6 is 48.0 Å². The third kappa shape index (κ3) is 7.04. The van der Waals surface area contributed by atoms with E-state index in [0.717, 1.165) is 78.9 Å². The third-order valence-corrected chi connectivity index (χ3v) is 7.48. The molecule has 0 aromatic heterocycles. The molecule has 23 heavy (non-hydrogen) atoms. The van der Waals surface area contributed by atoms with E-state index >= 15 is 0 Å². The van der Waals surface area contributed by atoms with Gasteiger partial charge in [-0.3, -0.25) is 0 Å². The van der Waals surface area contributed by atoms with Crippen LogP contribution in [0.4, 0.5) is 0 Å². The predicted molar refractivity (Wildman–Crippen MR) is 113 cm³/mol. The minimum atomic E-state index is 1.07. The Hall–Kier alpha value is 0.400. The van der Waals surface area contributed by atoms with Crippen molar-refractivity contribution in [2.75, 3.05) is 78.0 Å². The molecule has 2 aliphatic rings. The van der Waals surface area contributed by atoms with Gasteiger partial charge in [0.05, 0.1) is 0 Å². The quantitative estimate of drug-likeness (QED) is 0.525. The normalized spacial score (nSPS) is 20.8. The Balaban J connectivity index is 1.52. The van der Waals surface area contributed by atoms with E-state index in [2.05, 4.69) is 33.7 Å². The van der Waals surface area contributed by atoms with Gasteiger partial charge < -0.3 is 19.6 Å². The summed E-state index contributed by atoms with van der Waals surface area (Å²) in [5.74, 6) is 2.20. The zero-order valence-corrected chi connectivity index (χ0v) is 17.5. The summed E-state index contributed by atoms with van der Waals surface area (Å²) in [6, 6.07) is 0. The van der Waals surface area contributed by atoms with E-state index in [1.807, 2.05) is 23.5 Å². The van der Waals surface area contributed by atoms with E-state index in [0.29, 0.717) is 0 Å². The van der Waals surface area contributed by atoms with Gasteiger partial charge in [0.15, 0.2) is 0 Å². The number of rotatable bonds is 4. The first-order valence-corrected chi connectivity index (χ1v) is 11.1. The number of hydrogen-bond donors (Lipinski definition) is 0. The number of piperazine rings is 2. The Morgan fingerprint density at radius 2 is 1.04 bits per heavy atom. The maximum absolute atomic E-state index is 5.55. The Kier molecular flexibility index (Phi) is 8.92.